The van der Waals surface area contributed by atoms with Gasteiger partial charge in [0.05, 0.1) is 12.6 Å². The van der Waals surface area contributed by atoms with Crippen molar-refractivity contribution < 1.29 is 4.74 Å². The van der Waals surface area contributed by atoms with Gasteiger partial charge in [0, 0.05) is 26.0 Å². The lowest BCUT2D eigenvalue weighted by molar-refractivity contribution is 0.126. The number of nitrogens with zero attached hydrogens (tertiary/aromatic N) is 2. The highest BCUT2D eigenvalue weighted by Gasteiger charge is 2.14. The minimum Gasteiger partial charge on any atom is -0.380 e. The normalized spacial score (nSPS) is 13.1. The molecule has 0 amide bonds. The predicted octanol–water partition coefficient (Wildman–Crippen LogP) is 1.89. The van der Waals surface area contributed by atoms with E-state index in [-0.39, 0.29) is 0 Å². The van der Waals surface area contributed by atoms with Crippen LogP contribution in [0.4, 0.5) is 5.95 Å². The Balaban J connectivity index is 2.54. The van der Waals surface area contributed by atoms with Crippen molar-refractivity contribution in [2.45, 2.75) is 26.8 Å². The van der Waals surface area contributed by atoms with Crippen LogP contribution < -0.4 is 5.32 Å². The van der Waals surface area contributed by atoms with Gasteiger partial charge in [-0.15, -0.1) is 0 Å². The Morgan fingerprint density at radius 3 is 2.73 bits per heavy atom. The van der Waals surface area contributed by atoms with Crippen LogP contribution in [0.1, 0.15) is 20.8 Å². The summed E-state index contributed by atoms with van der Waals surface area (Å²) in [6.45, 7) is 7.85. The van der Waals surface area contributed by atoms with E-state index in [1.54, 1.807) is 6.20 Å². The SMILES string of the molecule is CCOCC(Nc1nccn1C)C(C)C. The molecule has 1 heterocycles. The van der Waals surface area contributed by atoms with Crippen LogP contribution in [0.25, 0.3) is 0 Å². The van der Waals surface area contributed by atoms with Crippen LogP contribution in [-0.2, 0) is 11.8 Å². The maximum Gasteiger partial charge on any atom is 0.202 e. The number of ether oxygens (including phenoxy) is 1. The van der Waals surface area contributed by atoms with E-state index in [2.05, 4.69) is 24.1 Å². The first-order valence-corrected chi connectivity index (χ1v) is 5.46. The van der Waals surface area contributed by atoms with Crippen LogP contribution in [0, 0.1) is 5.92 Å². The summed E-state index contributed by atoms with van der Waals surface area (Å²) in [7, 11) is 1.98. The molecule has 1 atom stereocenters. The van der Waals surface area contributed by atoms with E-state index >= 15 is 0 Å². The average molecular weight is 211 g/mol. The standard InChI is InChI=1S/C11H21N3O/c1-5-15-8-10(9(2)3)13-11-12-6-7-14(11)4/h6-7,9-10H,5,8H2,1-4H3,(H,12,13). The lowest BCUT2D eigenvalue weighted by Gasteiger charge is -2.22. The Morgan fingerprint density at radius 2 is 2.27 bits per heavy atom. The Kier molecular flexibility index (Phi) is 4.62. The van der Waals surface area contributed by atoms with Crippen molar-refractivity contribution in [3.63, 3.8) is 0 Å². The second-order valence-corrected chi connectivity index (χ2v) is 4.02. The molecule has 0 saturated heterocycles. The molecule has 4 nitrogen and oxygen atoms in total. The summed E-state index contributed by atoms with van der Waals surface area (Å²) < 4.78 is 7.42. The van der Waals surface area contributed by atoms with E-state index in [1.807, 2.05) is 24.7 Å². The molecule has 4 heteroatoms. The lowest BCUT2D eigenvalue weighted by Crippen LogP contribution is -2.32. The van der Waals surface area contributed by atoms with E-state index in [9.17, 15) is 0 Å². The van der Waals surface area contributed by atoms with Crippen molar-refractivity contribution in [3.05, 3.63) is 12.4 Å². The van der Waals surface area contributed by atoms with Crippen molar-refractivity contribution in [3.8, 4) is 0 Å². The number of hydrogen-bond donors (Lipinski definition) is 1. The van der Waals surface area contributed by atoms with Crippen molar-refractivity contribution >= 4 is 5.95 Å². The second kappa shape index (κ2) is 5.75. The summed E-state index contributed by atoms with van der Waals surface area (Å²) in [6, 6.07) is 0.311. The third kappa shape index (κ3) is 3.55. The van der Waals surface area contributed by atoms with Gasteiger partial charge in [0.1, 0.15) is 0 Å². The Hall–Kier alpha value is -1.03. The van der Waals surface area contributed by atoms with Crippen LogP contribution in [0.3, 0.4) is 0 Å². The highest BCUT2D eigenvalue weighted by molar-refractivity contribution is 5.27. The van der Waals surface area contributed by atoms with Gasteiger partial charge in [-0.2, -0.15) is 0 Å². The molecule has 0 aliphatic carbocycles. The summed E-state index contributed by atoms with van der Waals surface area (Å²) in [5.41, 5.74) is 0. The molecule has 15 heavy (non-hydrogen) atoms. The smallest absolute Gasteiger partial charge is 0.202 e. The molecule has 1 unspecified atom stereocenters. The van der Waals surface area contributed by atoms with Gasteiger partial charge in [-0.25, -0.2) is 4.98 Å². The first-order chi connectivity index (χ1) is 7.15. The third-order valence-corrected chi connectivity index (χ3v) is 2.44. The third-order valence-electron chi connectivity index (χ3n) is 2.44. The van der Waals surface area contributed by atoms with E-state index in [0.29, 0.717) is 12.0 Å². The number of aryl methyl sites for hydroxylation is 1. The van der Waals surface area contributed by atoms with Crippen molar-refractivity contribution in [2.24, 2.45) is 13.0 Å². The highest BCUT2D eigenvalue weighted by Crippen LogP contribution is 2.10. The maximum atomic E-state index is 5.45. The maximum absolute atomic E-state index is 5.45. The Morgan fingerprint density at radius 1 is 1.53 bits per heavy atom. The molecule has 0 saturated carbocycles. The van der Waals surface area contributed by atoms with Crippen LogP contribution in [0.5, 0.6) is 0 Å². The number of hydrogen-bond acceptors (Lipinski definition) is 3. The Bertz CT molecular complexity index is 283. The zero-order valence-electron chi connectivity index (χ0n) is 10.0. The zero-order valence-corrected chi connectivity index (χ0v) is 10.0. The Labute approximate surface area is 91.7 Å². The quantitative estimate of drug-likeness (QED) is 0.781. The largest absolute Gasteiger partial charge is 0.380 e. The molecule has 0 aliphatic heterocycles. The monoisotopic (exact) mass is 211 g/mol. The van der Waals surface area contributed by atoms with Gasteiger partial charge in [-0.05, 0) is 12.8 Å². The van der Waals surface area contributed by atoms with Crippen LogP contribution in [-0.4, -0.2) is 28.8 Å². The number of nitrogens with one attached hydrogen (secondary N) is 1. The van der Waals surface area contributed by atoms with Gasteiger partial charge in [0.15, 0.2) is 0 Å². The molecule has 0 radical (unpaired) electrons. The van der Waals surface area contributed by atoms with Gasteiger partial charge < -0.3 is 14.6 Å². The van der Waals surface area contributed by atoms with Gasteiger partial charge >= 0.3 is 0 Å². The predicted molar refractivity (Wildman–Crippen MR) is 61.9 cm³/mol. The molecule has 1 aromatic heterocycles. The van der Waals surface area contributed by atoms with Crippen LogP contribution in [0.2, 0.25) is 0 Å². The van der Waals surface area contributed by atoms with Crippen molar-refractivity contribution in [2.75, 3.05) is 18.5 Å². The molecular weight excluding hydrogens is 190 g/mol. The van der Waals surface area contributed by atoms with Gasteiger partial charge in [0.2, 0.25) is 5.95 Å². The summed E-state index contributed by atoms with van der Waals surface area (Å²) in [6.07, 6.45) is 3.72. The van der Waals surface area contributed by atoms with Gasteiger partial charge in [-0.1, -0.05) is 13.8 Å². The van der Waals surface area contributed by atoms with Crippen LogP contribution in [0.15, 0.2) is 12.4 Å². The fraction of sp³-hybridized carbons (Fsp3) is 0.727. The molecule has 0 spiro atoms. The van der Waals surface area contributed by atoms with E-state index < -0.39 is 0 Å². The number of anilines is 1. The molecular formula is C11H21N3O. The van der Waals surface area contributed by atoms with Crippen molar-refractivity contribution in [1.82, 2.24) is 9.55 Å². The van der Waals surface area contributed by atoms with Crippen LogP contribution >= 0.6 is 0 Å². The minimum absolute atomic E-state index is 0.311. The zero-order chi connectivity index (χ0) is 11.3. The molecule has 1 aromatic rings. The molecule has 1 rings (SSSR count). The average Bonchev–Trinajstić information content (AvgIpc) is 2.58. The molecule has 0 aromatic carbocycles. The van der Waals surface area contributed by atoms with E-state index in [1.165, 1.54) is 0 Å². The topological polar surface area (TPSA) is 39.1 Å². The lowest BCUT2D eigenvalue weighted by atomic mass is 10.1. The summed E-state index contributed by atoms with van der Waals surface area (Å²) in [5.74, 6) is 1.42. The molecule has 0 aliphatic rings. The number of imidazole rings is 1. The fourth-order valence-corrected chi connectivity index (χ4v) is 1.32. The summed E-state index contributed by atoms with van der Waals surface area (Å²) in [4.78, 5) is 4.24. The van der Waals surface area contributed by atoms with E-state index in [4.69, 9.17) is 4.74 Å². The van der Waals surface area contributed by atoms with Gasteiger partial charge in [-0.3, -0.25) is 0 Å². The first kappa shape index (κ1) is 12.0. The number of aromatic nitrogens is 2. The van der Waals surface area contributed by atoms with Crippen molar-refractivity contribution in [1.29, 1.82) is 0 Å². The molecule has 0 bridgehead atoms. The highest BCUT2D eigenvalue weighted by atomic mass is 16.5. The van der Waals surface area contributed by atoms with E-state index in [0.717, 1.165) is 19.2 Å². The molecule has 0 fully saturated rings. The summed E-state index contributed by atoms with van der Waals surface area (Å²) in [5, 5.41) is 3.39. The second-order valence-electron chi connectivity index (χ2n) is 4.02. The summed E-state index contributed by atoms with van der Waals surface area (Å²) >= 11 is 0. The first-order valence-electron chi connectivity index (χ1n) is 5.46. The molecule has 86 valence electrons. The minimum atomic E-state index is 0.311. The molecule has 1 N–H and O–H groups in total. The number of rotatable bonds is 6. The van der Waals surface area contributed by atoms with Gasteiger partial charge in [0.25, 0.3) is 0 Å². The fourth-order valence-electron chi connectivity index (χ4n) is 1.32.